The van der Waals surface area contributed by atoms with E-state index in [2.05, 4.69) is 4.74 Å². The highest BCUT2D eigenvalue weighted by molar-refractivity contribution is 4.67. The van der Waals surface area contributed by atoms with E-state index in [0.717, 1.165) is 0 Å². The molecule has 1 aliphatic rings. The predicted molar refractivity (Wildman–Crippen MR) is 15.4 cm³/mol. The average molecular weight is 76.1 g/mol. The number of hydrogen-bond donors (Lipinski definition) is 0. The summed E-state index contributed by atoms with van der Waals surface area (Å²) >= 11 is 0. The number of alkyl halides is 1. The van der Waals surface area contributed by atoms with Gasteiger partial charge in [0.2, 0.25) is 6.36 Å². The molecule has 1 nitrogen and oxygen atoms in total. The smallest absolute Gasteiger partial charge is 0.225 e. The van der Waals surface area contributed by atoms with Crippen LogP contribution in [0.4, 0.5) is 4.39 Å². The molecule has 0 bridgehead atoms. The van der Waals surface area contributed by atoms with Crippen LogP contribution in [0.3, 0.4) is 0 Å². The van der Waals surface area contributed by atoms with E-state index in [1.54, 1.807) is 6.92 Å². The number of hydrogen-bond acceptors (Lipinski definition) is 1. The third-order valence-electron chi connectivity index (χ3n) is 0.637. The molecular formula is C3H5FO. The van der Waals surface area contributed by atoms with Crippen molar-refractivity contribution in [3.63, 3.8) is 0 Å². The van der Waals surface area contributed by atoms with Gasteiger partial charge in [0.25, 0.3) is 0 Å². The van der Waals surface area contributed by atoms with Crippen molar-refractivity contribution < 1.29 is 9.13 Å². The summed E-state index contributed by atoms with van der Waals surface area (Å²) in [5.74, 6) is 0. The van der Waals surface area contributed by atoms with Crippen LogP contribution in [0.25, 0.3) is 0 Å². The van der Waals surface area contributed by atoms with Crippen molar-refractivity contribution in [3.8, 4) is 0 Å². The second-order valence-electron chi connectivity index (χ2n) is 1.19. The molecule has 2 unspecified atom stereocenters. The van der Waals surface area contributed by atoms with E-state index >= 15 is 0 Å². The molecule has 5 heavy (non-hydrogen) atoms. The quantitative estimate of drug-likeness (QED) is 0.387. The molecule has 30 valence electrons. The molecule has 1 fully saturated rings. The maximum absolute atomic E-state index is 11.3. The van der Waals surface area contributed by atoms with E-state index in [0.29, 0.717) is 0 Å². The van der Waals surface area contributed by atoms with Crippen molar-refractivity contribution in [1.82, 2.24) is 0 Å². The van der Waals surface area contributed by atoms with Gasteiger partial charge in [-0.2, -0.15) is 0 Å². The Bertz CT molecular complexity index is 40.2. The van der Waals surface area contributed by atoms with Crippen molar-refractivity contribution in [1.29, 1.82) is 0 Å². The van der Waals surface area contributed by atoms with Crippen molar-refractivity contribution in [3.05, 3.63) is 0 Å². The van der Waals surface area contributed by atoms with E-state index in [-0.39, 0.29) is 6.10 Å². The summed E-state index contributed by atoms with van der Waals surface area (Å²) in [7, 11) is 0. The maximum atomic E-state index is 11.3. The van der Waals surface area contributed by atoms with Crippen LogP contribution >= 0.6 is 0 Å². The molecule has 1 aliphatic heterocycles. The normalized spacial score (nSPS) is 49.2. The van der Waals surface area contributed by atoms with Gasteiger partial charge in [0, 0.05) is 0 Å². The van der Waals surface area contributed by atoms with Gasteiger partial charge in [-0.05, 0) is 6.92 Å². The zero-order valence-electron chi connectivity index (χ0n) is 2.94. The van der Waals surface area contributed by atoms with Crippen LogP contribution in [-0.4, -0.2) is 12.5 Å². The minimum absolute atomic E-state index is 0.116. The van der Waals surface area contributed by atoms with Gasteiger partial charge in [-0.3, -0.25) is 0 Å². The summed E-state index contributed by atoms with van der Waals surface area (Å²) in [6.07, 6.45) is -1.06. The molecule has 0 saturated carbocycles. The lowest BCUT2D eigenvalue weighted by atomic mass is 10.6. The fourth-order valence-corrected chi connectivity index (χ4v) is 0.160. The van der Waals surface area contributed by atoms with Crippen molar-refractivity contribution in [2.75, 3.05) is 0 Å². The molecule has 0 radical (unpaired) electrons. The molecule has 0 spiro atoms. The Morgan fingerprint density at radius 1 is 1.80 bits per heavy atom. The summed E-state index contributed by atoms with van der Waals surface area (Å²) in [6, 6.07) is 0. The Morgan fingerprint density at radius 3 is 2.00 bits per heavy atom. The van der Waals surface area contributed by atoms with E-state index in [1.807, 2.05) is 0 Å². The standard InChI is InChI=1S/C3H5FO/c1-2-3(4)5-2/h2-3H,1H3. The molecule has 0 aromatic carbocycles. The van der Waals surface area contributed by atoms with Crippen LogP contribution in [0.2, 0.25) is 0 Å². The molecule has 1 rings (SSSR count). The Labute approximate surface area is 29.7 Å². The van der Waals surface area contributed by atoms with Gasteiger partial charge in [0.05, 0.1) is 0 Å². The molecule has 2 heteroatoms. The Balaban J connectivity index is 2.20. The van der Waals surface area contributed by atoms with Crippen LogP contribution in [0.1, 0.15) is 6.92 Å². The van der Waals surface area contributed by atoms with Gasteiger partial charge in [0.15, 0.2) is 0 Å². The number of ether oxygens (including phenoxy) is 1. The van der Waals surface area contributed by atoms with Crippen molar-refractivity contribution in [2.24, 2.45) is 0 Å². The first kappa shape index (κ1) is 3.09. The van der Waals surface area contributed by atoms with Crippen LogP contribution in [-0.2, 0) is 4.74 Å². The highest BCUT2D eigenvalue weighted by Gasteiger charge is 2.33. The van der Waals surface area contributed by atoms with Crippen molar-refractivity contribution in [2.45, 2.75) is 19.4 Å². The Hall–Kier alpha value is -0.110. The van der Waals surface area contributed by atoms with Gasteiger partial charge < -0.3 is 4.74 Å². The molecule has 0 aliphatic carbocycles. The monoisotopic (exact) mass is 76.0 g/mol. The van der Waals surface area contributed by atoms with Gasteiger partial charge in [-0.25, -0.2) is 4.39 Å². The third kappa shape index (κ3) is 0.401. The van der Waals surface area contributed by atoms with Crippen LogP contribution in [0.15, 0.2) is 0 Å². The molecule has 2 atom stereocenters. The number of rotatable bonds is 0. The molecule has 1 heterocycles. The van der Waals surface area contributed by atoms with Crippen LogP contribution in [0, 0.1) is 0 Å². The van der Waals surface area contributed by atoms with Gasteiger partial charge in [-0.15, -0.1) is 0 Å². The lowest BCUT2D eigenvalue weighted by molar-refractivity contribution is 0.266. The summed E-state index contributed by atoms with van der Waals surface area (Å²) in [6.45, 7) is 1.70. The second-order valence-corrected chi connectivity index (χ2v) is 1.19. The molecule has 0 N–H and O–H groups in total. The molecule has 0 aromatic rings. The highest BCUT2D eigenvalue weighted by atomic mass is 19.2. The Kier molecular flexibility index (Phi) is 0.424. The van der Waals surface area contributed by atoms with Crippen LogP contribution < -0.4 is 0 Å². The van der Waals surface area contributed by atoms with Gasteiger partial charge in [0.1, 0.15) is 6.10 Å². The SMILES string of the molecule is CC1OC1F. The molecule has 0 amide bonds. The zero-order valence-corrected chi connectivity index (χ0v) is 2.94. The largest absolute Gasteiger partial charge is 0.337 e. The first-order valence-electron chi connectivity index (χ1n) is 1.60. The number of halogens is 1. The Morgan fingerprint density at radius 2 is 2.00 bits per heavy atom. The lowest BCUT2D eigenvalue weighted by Gasteiger charge is -1.54. The minimum Gasteiger partial charge on any atom is -0.337 e. The topological polar surface area (TPSA) is 12.5 Å². The van der Waals surface area contributed by atoms with Crippen molar-refractivity contribution >= 4 is 0 Å². The fourth-order valence-electron chi connectivity index (χ4n) is 0.160. The fraction of sp³-hybridized carbons (Fsp3) is 1.00. The number of epoxide rings is 1. The average Bonchev–Trinajstić information content (AvgIpc) is 1.79. The summed E-state index contributed by atoms with van der Waals surface area (Å²) in [5, 5.41) is 0. The second kappa shape index (κ2) is 0.684. The van der Waals surface area contributed by atoms with E-state index in [4.69, 9.17) is 0 Å². The molecule has 0 aromatic heterocycles. The van der Waals surface area contributed by atoms with E-state index in [1.165, 1.54) is 0 Å². The first-order chi connectivity index (χ1) is 2.30. The minimum atomic E-state index is -0.949. The molecular weight excluding hydrogens is 71.0 g/mol. The lowest BCUT2D eigenvalue weighted by Crippen LogP contribution is -1.71. The summed E-state index contributed by atoms with van der Waals surface area (Å²) in [4.78, 5) is 0. The van der Waals surface area contributed by atoms with Gasteiger partial charge >= 0.3 is 0 Å². The first-order valence-corrected chi connectivity index (χ1v) is 1.60. The zero-order chi connectivity index (χ0) is 3.86. The van der Waals surface area contributed by atoms with Crippen LogP contribution in [0.5, 0.6) is 0 Å². The summed E-state index contributed by atoms with van der Waals surface area (Å²) in [5.41, 5.74) is 0. The van der Waals surface area contributed by atoms with E-state index < -0.39 is 6.36 Å². The summed E-state index contributed by atoms with van der Waals surface area (Å²) < 4.78 is 15.5. The third-order valence-corrected chi connectivity index (χ3v) is 0.637. The predicted octanol–water partition coefficient (Wildman–Crippen LogP) is 0.701. The molecule has 1 saturated heterocycles. The van der Waals surface area contributed by atoms with E-state index in [9.17, 15) is 4.39 Å². The maximum Gasteiger partial charge on any atom is 0.225 e. The van der Waals surface area contributed by atoms with Gasteiger partial charge in [-0.1, -0.05) is 0 Å². The highest BCUT2D eigenvalue weighted by Crippen LogP contribution is 2.20.